The number of fused-ring (bicyclic) bond motifs is 2. The highest BCUT2D eigenvalue weighted by Crippen LogP contribution is 2.53. The summed E-state index contributed by atoms with van der Waals surface area (Å²) < 4.78 is 11.9. The monoisotopic (exact) mass is 432 g/mol. The number of aliphatic hydroxyl groups is 1. The van der Waals surface area contributed by atoms with Crippen molar-refractivity contribution in [2.45, 2.75) is 63.3 Å². The maximum absolute atomic E-state index is 13.8. The number of hydrogen-bond acceptors (Lipinski definition) is 6. The Labute approximate surface area is 182 Å². The van der Waals surface area contributed by atoms with Crippen LogP contribution >= 0.6 is 0 Å². The molecule has 4 aliphatic heterocycles. The standard InChI is InChI=1S/C23H32N2O6/c1-3-8-15(2)24-11-6-10-23-18(17-16(31-23)9-4-5-14-30-22(17)29)20(27)25(12-7-13-26)19(23)21(24)28/h4,6,9-10,15-19,26H,3,5,7-8,11-14H2,1-2H3/t15?,16-,17+,18+,19?,23+/m1/s1. The SMILES string of the molecule is CCCC(C)N1CC=C[C@]23O[C@@H]4C=CCCOC(=O)[C@@H]4[C@H]2C(=O)N(CCCO)C3C1=O. The van der Waals surface area contributed by atoms with Gasteiger partial charge in [0.1, 0.15) is 17.6 Å². The minimum absolute atomic E-state index is 0.0195. The van der Waals surface area contributed by atoms with Gasteiger partial charge >= 0.3 is 5.97 Å². The van der Waals surface area contributed by atoms with E-state index in [1.54, 1.807) is 4.90 Å². The molecule has 0 aromatic carbocycles. The zero-order valence-electron chi connectivity index (χ0n) is 18.2. The molecular weight excluding hydrogens is 400 g/mol. The summed E-state index contributed by atoms with van der Waals surface area (Å²) in [6.45, 7) is 4.94. The Bertz CT molecular complexity index is 795. The summed E-state index contributed by atoms with van der Waals surface area (Å²) in [6.07, 6.45) is 9.60. The predicted octanol–water partition coefficient (Wildman–Crippen LogP) is 1.04. The second-order valence-electron chi connectivity index (χ2n) is 8.87. The summed E-state index contributed by atoms with van der Waals surface area (Å²) in [5.41, 5.74) is -1.21. The molecule has 2 fully saturated rings. The number of ether oxygens (including phenoxy) is 2. The number of aliphatic hydroxyl groups excluding tert-OH is 1. The third-order valence-corrected chi connectivity index (χ3v) is 6.95. The van der Waals surface area contributed by atoms with Crippen LogP contribution < -0.4 is 0 Å². The van der Waals surface area contributed by atoms with Crippen molar-refractivity contribution in [2.75, 3.05) is 26.3 Å². The van der Waals surface area contributed by atoms with E-state index < -0.39 is 35.6 Å². The molecular formula is C23H32N2O6. The molecule has 0 aromatic heterocycles. The van der Waals surface area contributed by atoms with E-state index in [4.69, 9.17) is 9.47 Å². The first-order valence-corrected chi connectivity index (χ1v) is 11.4. The average molecular weight is 433 g/mol. The van der Waals surface area contributed by atoms with Crippen LogP contribution in [0.4, 0.5) is 0 Å². The van der Waals surface area contributed by atoms with Crippen molar-refractivity contribution >= 4 is 17.8 Å². The first-order chi connectivity index (χ1) is 15.0. The molecule has 31 heavy (non-hydrogen) atoms. The fourth-order valence-electron chi connectivity index (χ4n) is 5.58. The smallest absolute Gasteiger partial charge is 0.312 e. The summed E-state index contributed by atoms with van der Waals surface area (Å²) in [7, 11) is 0. The van der Waals surface area contributed by atoms with Gasteiger partial charge in [0.15, 0.2) is 0 Å². The second-order valence-corrected chi connectivity index (χ2v) is 8.87. The van der Waals surface area contributed by atoms with Crippen molar-refractivity contribution in [1.82, 2.24) is 9.80 Å². The Morgan fingerprint density at radius 1 is 1.26 bits per heavy atom. The molecule has 2 saturated heterocycles. The van der Waals surface area contributed by atoms with Gasteiger partial charge in [0.05, 0.1) is 18.6 Å². The molecule has 0 bridgehead atoms. The fraction of sp³-hybridized carbons (Fsp3) is 0.696. The fourth-order valence-corrected chi connectivity index (χ4v) is 5.58. The van der Waals surface area contributed by atoms with E-state index >= 15 is 0 Å². The summed E-state index contributed by atoms with van der Waals surface area (Å²) in [4.78, 5) is 43.7. The third kappa shape index (κ3) is 3.49. The number of carbonyl (C=O) groups is 3. The van der Waals surface area contributed by atoms with E-state index in [0.29, 0.717) is 19.4 Å². The van der Waals surface area contributed by atoms with E-state index in [2.05, 4.69) is 6.92 Å². The lowest BCUT2D eigenvalue weighted by molar-refractivity contribution is -0.155. The van der Waals surface area contributed by atoms with E-state index in [-0.39, 0.29) is 37.6 Å². The van der Waals surface area contributed by atoms with Crippen LogP contribution in [0.5, 0.6) is 0 Å². The van der Waals surface area contributed by atoms with Gasteiger partial charge in [0, 0.05) is 25.7 Å². The summed E-state index contributed by atoms with van der Waals surface area (Å²) >= 11 is 0. The lowest BCUT2D eigenvalue weighted by Gasteiger charge is -2.37. The van der Waals surface area contributed by atoms with Gasteiger partial charge in [-0.25, -0.2) is 0 Å². The molecule has 1 N–H and O–H groups in total. The van der Waals surface area contributed by atoms with Crippen molar-refractivity contribution in [3.8, 4) is 0 Å². The number of rotatable bonds is 6. The highest BCUT2D eigenvalue weighted by Gasteiger charge is 2.71. The van der Waals surface area contributed by atoms with E-state index in [1.165, 1.54) is 4.90 Å². The molecule has 1 spiro atoms. The zero-order valence-corrected chi connectivity index (χ0v) is 18.2. The van der Waals surface area contributed by atoms with Gasteiger partial charge in [-0.3, -0.25) is 14.4 Å². The van der Waals surface area contributed by atoms with Gasteiger partial charge in [-0.05, 0) is 26.2 Å². The highest BCUT2D eigenvalue weighted by molar-refractivity contribution is 5.99. The number of amides is 2. The molecule has 8 heteroatoms. The molecule has 8 nitrogen and oxygen atoms in total. The van der Waals surface area contributed by atoms with Crippen LogP contribution in [-0.4, -0.2) is 82.8 Å². The van der Waals surface area contributed by atoms with E-state index in [0.717, 1.165) is 12.8 Å². The molecule has 4 heterocycles. The molecule has 170 valence electrons. The van der Waals surface area contributed by atoms with Gasteiger partial charge in [-0.2, -0.15) is 0 Å². The highest BCUT2D eigenvalue weighted by atomic mass is 16.6. The van der Waals surface area contributed by atoms with E-state index in [1.807, 2.05) is 31.2 Å². The first kappa shape index (κ1) is 22.0. The molecule has 0 saturated carbocycles. The van der Waals surface area contributed by atoms with Crippen LogP contribution in [0.15, 0.2) is 24.3 Å². The Kier molecular flexibility index (Phi) is 6.21. The zero-order chi connectivity index (χ0) is 22.2. The number of hydrogen-bond donors (Lipinski definition) is 1. The van der Waals surface area contributed by atoms with Crippen molar-refractivity contribution in [1.29, 1.82) is 0 Å². The minimum atomic E-state index is -1.21. The van der Waals surface area contributed by atoms with Crippen LogP contribution in [0.3, 0.4) is 0 Å². The van der Waals surface area contributed by atoms with Crippen molar-refractivity contribution < 1.29 is 29.0 Å². The Morgan fingerprint density at radius 2 is 2.06 bits per heavy atom. The van der Waals surface area contributed by atoms with Crippen LogP contribution in [0.25, 0.3) is 0 Å². The van der Waals surface area contributed by atoms with Crippen LogP contribution in [0.2, 0.25) is 0 Å². The largest absolute Gasteiger partial charge is 0.465 e. The Hall–Kier alpha value is -2.19. The number of cyclic esters (lactones) is 1. The minimum Gasteiger partial charge on any atom is -0.465 e. The average Bonchev–Trinajstić information content (AvgIpc) is 3.10. The molecule has 4 aliphatic rings. The van der Waals surface area contributed by atoms with Crippen molar-refractivity contribution in [2.24, 2.45) is 11.8 Å². The first-order valence-electron chi connectivity index (χ1n) is 11.4. The predicted molar refractivity (Wildman–Crippen MR) is 112 cm³/mol. The van der Waals surface area contributed by atoms with Crippen molar-refractivity contribution in [3.05, 3.63) is 24.3 Å². The number of likely N-dealkylation sites (tertiary alicyclic amines) is 1. The molecule has 0 aromatic rings. The normalized spacial score (nSPS) is 35.8. The summed E-state index contributed by atoms with van der Waals surface area (Å²) in [6, 6.07) is -0.838. The summed E-state index contributed by atoms with van der Waals surface area (Å²) in [5, 5.41) is 9.38. The lowest BCUT2D eigenvalue weighted by Crippen LogP contribution is -2.56. The topological polar surface area (TPSA) is 96.4 Å². The van der Waals surface area contributed by atoms with Gasteiger partial charge in [0.25, 0.3) is 0 Å². The van der Waals surface area contributed by atoms with Crippen LogP contribution in [0, 0.1) is 11.8 Å². The lowest BCUT2D eigenvalue weighted by atomic mass is 9.77. The van der Waals surface area contributed by atoms with Gasteiger partial charge in [-0.15, -0.1) is 0 Å². The maximum atomic E-state index is 13.8. The van der Waals surface area contributed by atoms with Gasteiger partial charge < -0.3 is 24.4 Å². The maximum Gasteiger partial charge on any atom is 0.312 e. The van der Waals surface area contributed by atoms with Gasteiger partial charge in [0.2, 0.25) is 11.8 Å². The number of nitrogens with zero attached hydrogens (tertiary/aromatic N) is 2. The van der Waals surface area contributed by atoms with Crippen LogP contribution in [0.1, 0.15) is 39.5 Å². The summed E-state index contributed by atoms with van der Waals surface area (Å²) in [5.74, 6) is -2.50. The second kappa shape index (κ2) is 8.74. The Balaban J connectivity index is 1.78. The van der Waals surface area contributed by atoms with Crippen LogP contribution in [-0.2, 0) is 23.9 Å². The molecule has 0 radical (unpaired) electrons. The van der Waals surface area contributed by atoms with Crippen molar-refractivity contribution in [3.63, 3.8) is 0 Å². The molecule has 2 amide bonds. The number of carbonyl (C=O) groups excluding carboxylic acids is 3. The van der Waals surface area contributed by atoms with E-state index in [9.17, 15) is 19.5 Å². The quantitative estimate of drug-likeness (QED) is 0.498. The molecule has 2 unspecified atom stereocenters. The molecule has 4 rings (SSSR count). The number of esters is 1. The Morgan fingerprint density at radius 3 is 2.81 bits per heavy atom. The van der Waals surface area contributed by atoms with Gasteiger partial charge in [-0.1, -0.05) is 37.6 Å². The molecule has 6 atom stereocenters. The molecule has 0 aliphatic carbocycles. The third-order valence-electron chi connectivity index (χ3n) is 6.95.